The molecule has 0 bridgehead atoms. The van der Waals surface area contributed by atoms with Crippen LogP contribution in [0.5, 0.6) is 0 Å². The standard InChI is InChI=1S/C24H25Cl2NO3/c25-21-13-18(15-6-8-16(9-7-15)24(29)30)14-22(26)20(21)12-17-10-11-27(23(17)28)19-4-2-1-3-5-19/h6-9,13-14,17,19H,1-5,10-12H2,(H,29,30). The number of carboxylic acids is 1. The second-order valence-corrected chi connectivity index (χ2v) is 9.13. The molecular weight excluding hydrogens is 421 g/mol. The first-order valence-corrected chi connectivity index (χ1v) is 11.3. The van der Waals surface area contributed by atoms with E-state index in [1.807, 2.05) is 12.1 Å². The molecule has 6 heteroatoms. The molecule has 1 aliphatic heterocycles. The predicted octanol–water partition coefficient (Wildman–Crippen LogP) is 6.08. The summed E-state index contributed by atoms with van der Waals surface area (Å²) in [5.41, 5.74) is 2.71. The van der Waals surface area contributed by atoms with Gasteiger partial charge in [0.05, 0.1) is 5.56 Å². The smallest absolute Gasteiger partial charge is 0.335 e. The molecule has 1 unspecified atom stereocenters. The zero-order valence-electron chi connectivity index (χ0n) is 16.7. The van der Waals surface area contributed by atoms with Crippen molar-refractivity contribution in [3.63, 3.8) is 0 Å². The molecule has 2 aromatic carbocycles. The van der Waals surface area contributed by atoms with Crippen LogP contribution in [0.1, 0.15) is 54.4 Å². The monoisotopic (exact) mass is 445 g/mol. The van der Waals surface area contributed by atoms with Crippen LogP contribution in [0.4, 0.5) is 0 Å². The quantitative estimate of drug-likeness (QED) is 0.606. The lowest BCUT2D eigenvalue weighted by molar-refractivity contribution is -0.133. The molecule has 0 radical (unpaired) electrons. The van der Waals surface area contributed by atoms with Gasteiger partial charge >= 0.3 is 5.97 Å². The van der Waals surface area contributed by atoms with Crippen LogP contribution in [-0.2, 0) is 11.2 Å². The highest BCUT2D eigenvalue weighted by Crippen LogP contribution is 2.36. The van der Waals surface area contributed by atoms with Crippen LogP contribution >= 0.6 is 23.2 Å². The number of hydrogen-bond acceptors (Lipinski definition) is 2. The summed E-state index contributed by atoms with van der Waals surface area (Å²) < 4.78 is 0. The molecule has 2 aliphatic rings. The van der Waals surface area contributed by atoms with E-state index < -0.39 is 5.97 Å². The molecule has 1 amide bonds. The van der Waals surface area contributed by atoms with Crippen molar-refractivity contribution in [1.29, 1.82) is 0 Å². The number of rotatable bonds is 5. The van der Waals surface area contributed by atoms with Crippen LogP contribution in [0.25, 0.3) is 11.1 Å². The third kappa shape index (κ3) is 4.35. The Morgan fingerprint density at radius 1 is 0.967 bits per heavy atom. The first kappa shape index (κ1) is 21.2. The van der Waals surface area contributed by atoms with E-state index >= 15 is 0 Å². The molecule has 2 fully saturated rings. The summed E-state index contributed by atoms with van der Waals surface area (Å²) >= 11 is 13.1. The third-order valence-electron chi connectivity index (χ3n) is 6.42. The molecule has 1 atom stereocenters. The van der Waals surface area contributed by atoms with E-state index in [0.717, 1.165) is 42.5 Å². The van der Waals surface area contributed by atoms with Crippen molar-refractivity contribution in [3.8, 4) is 11.1 Å². The van der Waals surface area contributed by atoms with Crippen molar-refractivity contribution < 1.29 is 14.7 Å². The van der Waals surface area contributed by atoms with Crippen LogP contribution in [0, 0.1) is 5.92 Å². The summed E-state index contributed by atoms with van der Waals surface area (Å²) in [4.78, 5) is 26.1. The summed E-state index contributed by atoms with van der Waals surface area (Å²) in [5.74, 6) is -0.790. The van der Waals surface area contributed by atoms with Crippen LogP contribution in [0.3, 0.4) is 0 Å². The first-order chi connectivity index (χ1) is 14.4. The molecule has 4 rings (SSSR count). The fourth-order valence-corrected chi connectivity index (χ4v) is 5.37. The van der Waals surface area contributed by atoms with E-state index in [0.29, 0.717) is 22.5 Å². The number of aromatic carboxylic acids is 1. The zero-order valence-corrected chi connectivity index (χ0v) is 18.3. The molecular formula is C24H25Cl2NO3. The van der Waals surface area contributed by atoms with Gasteiger partial charge in [-0.25, -0.2) is 4.79 Å². The Morgan fingerprint density at radius 3 is 2.20 bits per heavy atom. The third-order valence-corrected chi connectivity index (χ3v) is 7.10. The SMILES string of the molecule is O=C(O)c1ccc(-c2cc(Cl)c(CC3CCN(C4CCCCC4)C3=O)c(Cl)c2)cc1. The van der Waals surface area contributed by atoms with Crippen LogP contribution in [-0.4, -0.2) is 34.5 Å². The molecule has 1 saturated heterocycles. The molecule has 0 aromatic heterocycles. The molecule has 1 heterocycles. The van der Waals surface area contributed by atoms with Gasteiger partial charge in [-0.2, -0.15) is 0 Å². The average Bonchev–Trinajstić information content (AvgIpc) is 3.11. The largest absolute Gasteiger partial charge is 0.478 e. The minimum Gasteiger partial charge on any atom is -0.478 e. The number of hydrogen-bond donors (Lipinski definition) is 1. The van der Waals surface area contributed by atoms with Crippen molar-refractivity contribution in [2.75, 3.05) is 6.54 Å². The van der Waals surface area contributed by atoms with E-state index in [-0.39, 0.29) is 17.4 Å². The Kier molecular flexibility index (Phi) is 6.35. The predicted molar refractivity (Wildman–Crippen MR) is 119 cm³/mol. The molecule has 158 valence electrons. The van der Waals surface area contributed by atoms with Crippen molar-refractivity contribution in [2.24, 2.45) is 5.92 Å². The maximum absolute atomic E-state index is 13.0. The van der Waals surface area contributed by atoms with Gasteiger partial charge in [0.25, 0.3) is 0 Å². The number of carbonyl (C=O) groups excluding carboxylic acids is 1. The van der Waals surface area contributed by atoms with Crippen LogP contribution in [0.2, 0.25) is 10.0 Å². The zero-order chi connectivity index (χ0) is 21.3. The number of likely N-dealkylation sites (tertiary alicyclic amines) is 1. The second kappa shape index (κ2) is 8.99. The minimum atomic E-state index is -0.962. The lowest BCUT2D eigenvalue weighted by Crippen LogP contribution is -2.39. The van der Waals surface area contributed by atoms with Gasteiger partial charge < -0.3 is 10.0 Å². The van der Waals surface area contributed by atoms with Gasteiger partial charge in [-0.05, 0) is 66.6 Å². The summed E-state index contributed by atoms with van der Waals surface area (Å²) in [5, 5.41) is 10.1. The molecule has 1 N–H and O–H groups in total. The summed E-state index contributed by atoms with van der Waals surface area (Å²) in [6.45, 7) is 0.831. The van der Waals surface area contributed by atoms with Gasteiger partial charge in [0.2, 0.25) is 5.91 Å². The van der Waals surface area contributed by atoms with Gasteiger partial charge in [-0.1, -0.05) is 54.6 Å². The van der Waals surface area contributed by atoms with Crippen LogP contribution < -0.4 is 0 Å². The number of benzene rings is 2. The molecule has 2 aromatic rings. The van der Waals surface area contributed by atoms with Crippen molar-refractivity contribution in [1.82, 2.24) is 4.90 Å². The Labute approximate surface area is 186 Å². The highest BCUT2D eigenvalue weighted by molar-refractivity contribution is 6.36. The number of carboxylic acid groups (broad SMARTS) is 1. The van der Waals surface area contributed by atoms with Crippen LogP contribution in [0.15, 0.2) is 36.4 Å². The average molecular weight is 446 g/mol. The van der Waals surface area contributed by atoms with Crippen molar-refractivity contribution >= 4 is 35.1 Å². The van der Waals surface area contributed by atoms with E-state index in [4.69, 9.17) is 28.3 Å². The molecule has 1 aliphatic carbocycles. The maximum Gasteiger partial charge on any atom is 0.335 e. The fourth-order valence-electron chi connectivity index (χ4n) is 4.72. The Bertz CT molecular complexity index is 928. The highest BCUT2D eigenvalue weighted by atomic mass is 35.5. The normalized spacial score (nSPS) is 20.0. The van der Waals surface area contributed by atoms with E-state index in [1.165, 1.54) is 19.3 Å². The summed E-state index contributed by atoms with van der Waals surface area (Å²) in [6.07, 6.45) is 7.35. The molecule has 4 nitrogen and oxygen atoms in total. The molecule has 30 heavy (non-hydrogen) atoms. The lowest BCUT2D eigenvalue weighted by Gasteiger charge is -2.31. The minimum absolute atomic E-state index is 0.0670. The Hall–Kier alpha value is -2.04. The number of nitrogens with zero attached hydrogens (tertiary/aromatic N) is 1. The second-order valence-electron chi connectivity index (χ2n) is 8.31. The van der Waals surface area contributed by atoms with E-state index in [2.05, 4.69) is 4.90 Å². The van der Waals surface area contributed by atoms with E-state index in [1.54, 1.807) is 24.3 Å². The van der Waals surface area contributed by atoms with Gasteiger partial charge in [0.1, 0.15) is 0 Å². The van der Waals surface area contributed by atoms with Gasteiger partial charge in [0, 0.05) is 28.5 Å². The fraction of sp³-hybridized carbons (Fsp3) is 0.417. The summed E-state index contributed by atoms with van der Waals surface area (Å²) in [7, 11) is 0. The summed E-state index contributed by atoms with van der Waals surface area (Å²) in [6, 6.07) is 10.7. The number of amides is 1. The van der Waals surface area contributed by atoms with Crippen molar-refractivity contribution in [3.05, 3.63) is 57.6 Å². The molecule has 1 saturated carbocycles. The first-order valence-electron chi connectivity index (χ1n) is 10.6. The van der Waals surface area contributed by atoms with E-state index in [9.17, 15) is 9.59 Å². The molecule has 0 spiro atoms. The lowest BCUT2D eigenvalue weighted by atomic mass is 9.93. The Balaban J connectivity index is 1.50. The van der Waals surface area contributed by atoms with Crippen molar-refractivity contribution in [2.45, 2.75) is 51.0 Å². The highest BCUT2D eigenvalue weighted by Gasteiger charge is 2.36. The maximum atomic E-state index is 13.0. The Morgan fingerprint density at radius 2 is 1.60 bits per heavy atom. The van der Waals surface area contributed by atoms with Gasteiger partial charge in [-0.3, -0.25) is 4.79 Å². The van der Waals surface area contributed by atoms with Gasteiger partial charge in [0.15, 0.2) is 0 Å². The number of halogens is 2. The van der Waals surface area contributed by atoms with Gasteiger partial charge in [-0.15, -0.1) is 0 Å². The number of carbonyl (C=O) groups is 2. The topological polar surface area (TPSA) is 57.6 Å².